The highest BCUT2D eigenvalue weighted by molar-refractivity contribution is 5.97. The number of carbonyl (C=O) groups is 1. The molecule has 4 N–H and O–H groups in total. The van der Waals surface area contributed by atoms with E-state index in [4.69, 9.17) is 5.73 Å². The normalized spacial score (nSPS) is 10.9. The zero-order chi connectivity index (χ0) is 12.0. The summed E-state index contributed by atoms with van der Waals surface area (Å²) in [4.78, 5) is 11.7. The van der Waals surface area contributed by atoms with Crippen molar-refractivity contribution in [2.45, 2.75) is 26.7 Å². The summed E-state index contributed by atoms with van der Waals surface area (Å²) in [5, 5.41) is 9.42. The van der Waals surface area contributed by atoms with Crippen molar-refractivity contribution in [1.29, 1.82) is 0 Å². The Morgan fingerprint density at radius 2 is 2.38 bits per heavy atom. The van der Waals surface area contributed by atoms with Gasteiger partial charge in [0.1, 0.15) is 0 Å². The third kappa shape index (κ3) is 2.85. The number of hydrogen-bond donors (Lipinski definition) is 3. The second-order valence-corrected chi connectivity index (χ2v) is 3.43. The van der Waals surface area contributed by atoms with E-state index >= 15 is 0 Å². The molecule has 0 saturated carbocycles. The number of aromatic amines is 1. The van der Waals surface area contributed by atoms with Gasteiger partial charge in [0.15, 0.2) is 5.69 Å². The fraction of sp³-hybridized carbons (Fsp3) is 0.455. The van der Waals surface area contributed by atoms with Crippen LogP contribution in [0.25, 0.3) is 0 Å². The summed E-state index contributed by atoms with van der Waals surface area (Å²) >= 11 is 0. The first kappa shape index (κ1) is 12.3. The minimum Gasteiger partial charge on any atom is -0.395 e. The number of aryl methyl sites for hydroxylation is 1. The molecule has 0 fully saturated rings. The topological polar surface area (TPSA) is 83.8 Å². The molecule has 0 spiro atoms. The standard InChI is InChI=1S/C11H18N4O/c1-3-5-6-7-13-11(16)10-9(12)8(4-2)14-15-10/h3,5H,4,6-7,12H2,1-2H3,(H,13,16)(H,14,15)/b5-3+. The van der Waals surface area contributed by atoms with Gasteiger partial charge in [-0.2, -0.15) is 5.10 Å². The van der Waals surface area contributed by atoms with Crippen molar-refractivity contribution in [2.24, 2.45) is 0 Å². The molecular weight excluding hydrogens is 204 g/mol. The molecule has 1 rings (SSSR count). The van der Waals surface area contributed by atoms with Gasteiger partial charge in [0.2, 0.25) is 0 Å². The second-order valence-electron chi connectivity index (χ2n) is 3.43. The van der Waals surface area contributed by atoms with Crippen LogP contribution in [0.4, 0.5) is 5.69 Å². The largest absolute Gasteiger partial charge is 0.395 e. The van der Waals surface area contributed by atoms with E-state index in [2.05, 4.69) is 15.5 Å². The number of rotatable bonds is 5. The van der Waals surface area contributed by atoms with Gasteiger partial charge in [-0.05, 0) is 19.8 Å². The first-order valence-corrected chi connectivity index (χ1v) is 5.42. The van der Waals surface area contributed by atoms with Crippen LogP contribution in [-0.4, -0.2) is 22.6 Å². The quantitative estimate of drug-likeness (QED) is 0.518. The minimum absolute atomic E-state index is 0.224. The van der Waals surface area contributed by atoms with E-state index in [0.717, 1.165) is 18.5 Å². The number of allylic oxidation sites excluding steroid dienone is 1. The van der Waals surface area contributed by atoms with Crippen LogP contribution in [0.15, 0.2) is 12.2 Å². The molecule has 0 aliphatic rings. The molecule has 0 aliphatic carbocycles. The summed E-state index contributed by atoms with van der Waals surface area (Å²) in [5.74, 6) is -0.224. The first-order chi connectivity index (χ1) is 7.70. The van der Waals surface area contributed by atoms with E-state index in [9.17, 15) is 4.79 Å². The van der Waals surface area contributed by atoms with Gasteiger partial charge in [-0.15, -0.1) is 0 Å². The van der Waals surface area contributed by atoms with Crippen LogP contribution in [0.3, 0.4) is 0 Å². The number of amides is 1. The number of H-pyrrole nitrogens is 1. The highest BCUT2D eigenvalue weighted by atomic mass is 16.1. The van der Waals surface area contributed by atoms with Crippen molar-refractivity contribution < 1.29 is 4.79 Å². The molecule has 0 radical (unpaired) electrons. The Kier molecular flexibility index (Phi) is 4.57. The van der Waals surface area contributed by atoms with Gasteiger partial charge in [-0.1, -0.05) is 19.1 Å². The third-order valence-electron chi connectivity index (χ3n) is 2.28. The molecular formula is C11H18N4O. The number of nitrogens with zero attached hydrogens (tertiary/aromatic N) is 1. The van der Waals surface area contributed by atoms with Crippen LogP contribution in [0.1, 0.15) is 36.5 Å². The van der Waals surface area contributed by atoms with Gasteiger partial charge in [0, 0.05) is 6.54 Å². The molecule has 5 nitrogen and oxygen atoms in total. The summed E-state index contributed by atoms with van der Waals surface area (Å²) in [5.41, 5.74) is 7.32. The number of nitrogen functional groups attached to an aromatic ring is 1. The lowest BCUT2D eigenvalue weighted by molar-refractivity contribution is 0.0950. The van der Waals surface area contributed by atoms with Gasteiger partial charge < -0.3 is 11.1 Å². The zero-order valence-electron chi connectivity index (χ0n) is 9.71. The maximum Gasteiger partial charge on any atom is 0.273 e. The Hall–Kier alpha value is -1.78. The van der Waals surface area contributed by atoms with E-state index < -0.39 is 0 Å². The van der Waals surface area contributed by atoms with Crippen molar-refractivity contribution in [3.63, 3.8) is 0 Å². The molecule has 0 atom stereocenters. The zero-order valence-corrected chi connectivity index (χ0v) is 9.71. The molecule has 1 aromatic rings. The van der Waals surface area contributed by atoms with Crippen molar-refractivity contribution in [3.05, 3.63) is 23.5 Å². The van der Waals surface area contributed by atoms with Gasteiger partial charge >= 0.3 is 0 Å². The first-order valence-electron chi connectivity index (χ1n) is 5.42. The molecule has 1 heterocycles. The predicted molar refractivity (Wildman–Crippen MR) is 64.1 cm³/mol. The van der Waals surface area contributed by atoms with Crippen LogP contribution >= 0.6 is 0 Å². The minimum atomic E-state index is -0.224. The number of nitrogens with two attached hydrogens (primary N) is 1. The van der Waals surface area contributed by atoms with Crippen LogP contribution in [-0.2, 0) is 6.42 Å². The Balaban J connectivity index is 2.56. The maximum atomic E-state index is 11.7. The van der Waals surface area contributed by atoms with Crippen LogP contribution < -0.4 is 11.1 Å². The van der Waals surface area contributed by atoms with Gasteiger partial charge in [-0.3, -0.25) is 9.89 Å². The average molecular weight is 222 g/mol. The van der Waals surface area contributed by atoms with Gasteiger partial charge in [0.25, 0.3) is 5.91 Å². The summed E-state index contributed by atoms with van der Waals surface area (Å²) in [6, 6.07) is 0. The molecule has 0 saturated heterocycles. The van der Waals surface area contributed by atoms with Crippen molar-refractivity contribution >= 4 is 11.6 Å². The van der Waals surface area contributed by atoms with E-state index in [-0.39, 0.29) is 11.6 Å². The second kappa shape index (κ2) is 5.95. The fourth-order valence-corrected chi connectivity index (χ4v) is 1.35. The number of hydrogen-bond acceptors (Lipinski definition) is 3. The van der Waals surface area contributed by atoms with E-state index in [1.165, 1.54) is 0 Å². The van der Waals surface area contributed by atoms with Crippen molar-refractivity contribution in [3.8, 4) is 0 Å². The summed E-state index contributed by atoms with van der Waals surface area (Å²) in [6.07, 6.45) is 5.49. The lowest BCUT2D eigenvalue weighted by atomic mass is 10.2. The van der Waals surface area contributed by atoms with E-state index in [1.54, 1.807) is 0 Å². The van der Waals surface area contributed by atoms with E-state index in [1.807, 2.05) is 26.0 Å². The van der Waals surface area contributed by atoms with Crippen molar-refractivity contribution in [1.82, 2.24) is 15.5 Å². The van der Waals surface area contributed by atoms with E-state index in [0.29, 0.717) is 12.2 Å². The Morgan fingerprint density at radius 3 is 2.94 bits per heavy atom. The number of aromatic nitrogens is 2. The molecule has 1 aromatic heterocycles. The van der Waals surface area contributed by atoms with Gasteiger partial charge in [-0.25, -0.2) is 0 Å². The SMILES string of the molecule is C/C=C/CCNC(=O)c1n[nH]c(CC)c1N. The molecule has 0 aliphatic heterocycles. The molecule has 0 bridgehead atoms. The molecule has 0 aromatic carbocycles. The predicted octanol–water partition coefficient (Wildman–Crippen LogP) is 1.25. The van der Waals surface area contributed by atoms with Crippen LogP contribution in [0, 0.1) is 0 Å². The lowest BCUT2D eigenvalue weighted by Gasteiger charge is -2.01. The smallest absolute Gasteiger partial charge is 0.273 e. The molecule has 88 valence electrons. The number of carbonyl (C=O) groups excluding carboxylic acids is 1. The highest BCUT2D eigenvalue weighted by Crippen LogP contribution is 2.13. The van der Waals surface area contributed by atoms with Crippen molar-refractivity contribution in [2.75, 3.05) is 12.3 Å². The third-order valence-corrected chi connectivity index (χ3v) is 2.28. The summed E-state index contributed by atoms with van der Waals surface area (Å²) < 4.78 is 0. The molecule has 16 heavy (non-hydrogen) atoms. The molecule has 5 heteroatoms. The summed E-state index contributed by atoms with van der Waals surface area (Å²) in [6.45, 7) is 4.50. The summed E-state index contributed by atoms with van der Waals surface area (Å²) in [7, 11) is 0. The highest BCUT2D eigenvalue weighted by Gasteiger charge is 2.15. The fourth-order valence-electron chi connectivity index (χ4n) is 1.35. The van der Waals surface area contributed by atoms with Crippen LogP contribution in [0.2, 0.25) is 0 Å². The number of nitrogens with one attached hydrogen (secondary N) is 2. The maximum absolute atomic E-state index is 11.7. The Bertz CT molecular complexity index is 381. The molecule has 0 unspecified atom stereocenters. The molecule has 1 amide bonds. The monoisotopic (exact) mass is 222 g/mol. The average Bonchev–Trinajstić information content (AvgIpc) is 2.65. The van der Waals surface area contributed by atoms with Gasteiger partial charge in [0.05, 0.1) is 11.4 Å². The number of anilines is 1. The van der Waals surface area contributed by atoms with Crippen LogP contribution in [0.5, 0.6) is 0 Å². The Morgan fingerprint density at radius 1 is 1.62 bits per heavy atom. The lowest BCUT2D eigenvalue weighted by Crippen LogP contribution is -2.25. The Labute approximate surface area is 95.1 Å².